The van der Waals surface area contributed by atoms with Gasteiger partial charge < -0.3 is 18.5 Å². The van der Waals surface area contributed by atoms with Crippen molar-refractivity contribution in [3.8, 4) is 5.75 Å². The number of carbonyl (C=O) groups excluding carboxylic acids is 1. The van der Waals surface area contributed by atoms with E-state index in [-0.39, 0.29) is 29.4 Å². The third-order valence-electron chi connectivity index (χ3n) is 3.26. The Morgan fingerprint density at radius 1 is 1.42 bits per heavy atom. The lowest BCUT2D eigenvalue weighted by atomic mass is 9.97. The molecule has 1 heterocycles. The van der Waals surface area contributed by atoms with Crippen LogP contribution in [-0.2, 0) is 23.1 Å². The lowest BCUT2D eigenvalue weighted by molar-refractivity contribution is -0.148. The van der Waals surface area contributed by atoms with Gasteiger partial charge in [-0.2, -0.15) is 0 Å². The number of hydrogen-bond donors (Lipinski definition) is 0. The lowest BCUT2D eigenvalue weighted by Gasteiger charge is -2.35. The zero-order valence-electron chi connectivity index (χ0n) is 13.6. The molecule has 1 saturated heterocycles. The van der Waals surface area contributed by atoms with Crippen molar-refractivity contribution in [2.24, 2.45) is 5.41 Å². The first-order valence-electron chi connectivity index (χ1n) is 7.27. The Morgan fingerprint density at radius 3 is 2.62 bits per heavy atom. The van der Waals surface area contributed by atoms with Gasteiger partial charge >= 0.3 is 13.6 Å². The summed E-state index contributed by atoms with van der Waals surface area (Å²) in [5, 5.41) is 0.0322. The van der Waals surface area contributed by atoms with Crippen LogP contribution in [-0.4, -0.2) is 31.6 Å². The molecule has 0 N–H and O–H groups in total. The van der Waals surface area contributed by atoms with Crippen molar-refractivity contribution in [1.29, 1.82) is 0 Å². The van der Waals surface area contributed by atoms with E-state index in [1.165, 1.54) is 13.0 Å². The van der Waals surface area contributed by atoms with Crippen LogP contribution in [0.4, 0.5) is 4.39 Å². The van der Waals surface area contributed by atoms with Crippen molar-refractivity contribution in [2.45, 2.75) is 26.6 Å². The van der Waals surface area contributed by atoms with Crippen molar-refractivity contribution in [3.05, 3.63) is 29.0 Å². The number of benzene rings is 1. The highest BCUT2D eigenvalue weighted by Gasteiger charge is 2.42. The number of rotatable bonds is 5. The van der Waals surface area contributed by atoms with E-state index < -0.39 is 31.8 Å². The minimum Gasteiger partial charge on any atom is -0.480 e. The number of hydrogen-bond acceptors (Lipinski definition) is 6. The molecule has 0 radical (unpaired) electrons. The van der Waals surface area contributed by atoms with E-state index in [1.807, 2.05) is 13.8 Å². The van der Waals surface area contributed by atoms with Crippen molar-refractivity contribution in [2.75, 3.05) is 19.8 Å². The normalized spacial score (nSPS) is 20.2. The molecule has 24 heavy (non-hydrogen) atoms. The van der Waals surface area contributed by atoms with Crippen LogP contribution in [0, 0.1) is 11.2 Å². The Labute approximate surface area is 144 Å². The smallest absolute Gasteiger partial charge is 0.370 e. The number of esters is 1. The van der Waals surface area contributed by atoms with Gasteiger partial charge in [0.1, 0.15) is 11.6 Å². The molecule has 2 rings (SSSR count). The second-order valence-electron chi connectivity index (χ2n) is 6.20. The molecule has 1 aliphatic rings. The summed E-state index contributed by atoms with van der Waals surface area (Å²) in [4.78, 5) is 11.8. The standard InChI is InChI=1S/C15H19ClFO6P/c1-10(24(19)21-8-15(2,3)9-22-24)23-14(18)7-20-13-5-4-11(17)6-12(13)16/h4-6,10H,7-9H2,1-3H3. The molecule has 0 spiro atoms. The maximum absolute atomic E-state index is 12.9. The maximum atomic E-state index is 12.9. The molecule has 1 aliphatic heterocycles. The third kappa shape index (κ3) is 4.93. The van der Waals surface area contributed by atoms with Crippen LogP contribution in [0.2, 0.25) is 5.02 Å². The molecule has 0 aromatic heterocycles. The number of carbonyl (C=O) groups is 1. The molecule has 134 valence electrons. The predicted molar refractivity (Wildman–Crippen MR) is 85.8 cm³/mol. The maximum Gasteiger partial charge on any atom is 0.370 e. The van der Waals surface area contributed by atoms with E-state index >= 15 is 0 Å². The van der Waals surface area contributed by atoms with E-state index in [9.17, 15) is 13.8 Å². The highest BCUT2D eigenvalue weighted by Crippen LogP contribution is 2.57. The highest BCUT2D eigenvalue weighted by atomic mass is 35.5. The minimum absolute atomic E-state index is 0.0322. The average molecular weight is 381 g/mol. The highest BCUT2D eigenvalue weighted by molar-refractivity contribution is 7.54. The van der Waals surface area contributed by atoms with Gasteiger partial charge in [0, 0.05) is 5.41 Å². The molecule has 0 saturated carbocycles. The minimum atomic E-state index is -3.52. The zero-order chi connectivity index (χ0) is 18.0. The SMILES string of the molecule is CC(OC(=O)COc1ccc(F)cc1Cl)P1(=O)OCC(C)(C)CO1. The zero-order valence-corrected chi connectivity index (χ0v) is 15.2. The van der Waals surface area contributed by atoms with Crippen molar-refractivity contribution >= 4 is 25.2 Å². The molecule has 0 aliphatic carbocycles. The molecule has 1 fully saturated rings. The largest absolute Gasteiger partial charge is 0.480 e. The first kappa shape index (κ1) is 19.2. The fourth-order valence-electron chi connectivity index (χ4n) is 1.84. The van der Waals surface area contributed by atoms with Gasteiger partial charge in [0.15, 0.2) is 12.5 Å². The van der Waals surface area contributed by atoms with Crippen LogP contribution in [0.25, 0.3) is 0 Å². The third-order valence-corrected chi connectivity index (χ3v) is 5.53. The molecule has 1 aromatic carbocycles. The quantitative estimate of drug-likeness (QED) is 0.567. The summed E-state index contributed by atoms with van der Waals surface area (Å²) in [6.07, 6.45) is 0. The van der Waals surface area contributed by atoms with E-state index in [2.05, 4.69) is 0 Å². The topological polar surface area (TPSA) is 71.1 Å². The summed E-state index contributed by atoms with van der Waals surface area (Å²) in [6.45, 7) is 5.27. The molecule has 0 amide bonds. The number of ether oxygens (including phenoxy) is 2. The predicted octanol–water partition coefficient (Wildman–Crippen LogP) is 4.01. The first-order valence-corrected chi connectivity index (χ1v) is 9.26. The van der Waals surface area contributed by atoms with Crippen LogP contribution in [0.1, 0.15) is 20.8 Å². The van der Waals surface area contributed by atoms with E-state index in [0.29, 0.717) is 0 Å². The van der Waals surface area contributed by atoms with Gasteiger partial charge in [-0.3, -0.25) is 4.57 Å². The summed E-state index contributed by atoms with van der Waals surface area (Å²) >= 11 is 5.79. The lowest BCUT2D eigenvalue weighted by Crippen LogP contribution is -2.33. The fourth-order valence-corrected chi connectivity index (χ4v) is 3.86. The Bertz CT molecular complexity index is 651. The van der Waals surface area contributed by atoms with Crippen LogP contribution in [0.3, 0.4) is 0 Å². The molecule has 6 nitrogen and oxygen atoms in total. The average Bonchev–Trinajstić information content (AvgIpc) is 2.49. The van der Waals surface area contributed by atoms with E-state index in [1.54, 1.807) is 0 Å². The molecule has 0 bridgehead atoms. The summed E-state index contributed by atoms with van der Waals surface area (Å²) in [5.74, 6) is -2.21. The van der Waals surface area contributed by atoms with Crippen LogP contribution in [0.15, 0.2) is 18.2 Å². The van der Waals surface area contributed by atoms with E-state index in [0.717, 1.165) is 12.1 Å². The van der Waals surface area contributed by atoms with Gasteiger partial charge in [-0.15, -0.1) is 0 Å². The second-order valence-corrected chi connectivity index (χ2v) is 8.93. The van der Waals surface area contributed by atoms with Gasteiger partial charge in [0.25, 0.3) is 0 Å². The fraction of sp³-hybridized carbons (Fsp3) is 0.533. The van der Waals surface area contributed by atoms with Crippen molar-refractivity contribution in [3.63, 3.8) is 0 Å². The van der Waals surface area contributed by atoms with Crippen LogP contribution in [0.5, 0.6) is 5.75 Å². The number of halogens is 2. The Morgan fingerprint density at radius 2 is 2.04 bits per heavy atom. The molecule has 1 aromatic rings. The summed E-state index contributed by atoms with van der Waals surface area (Å²) < 4.78 is 46.2. The van der Waals surface area contributed by atoms with Crippen molar-refractivity contribution in [1.82, 2.24) is 0 Å². The molecule has 1 unspecified atom stereocenters. The molecule has 1 atom stereocenters. The van der Waals surface area contributed by atoms with Gasteiger partial charge in [-0.25, -0.2) is 9.18 Å². The molecule has 9 heteroatoms. The second kappa shape index (κ2) is 7.40. The van der Waals surface area contributed by atoms with E-state index in [4.69, 9.17) is 30.1 Å². The van der Waals surface area contributed by atoms with Gasteiger partial charge in [-0.1, -0.05) is 25.4 Å². The monoisotopic (exact) mass is 380 g/mol. The Hall–Kier alpha value is -1.14. The molecular formula is C15H19ClFO6P. The summed E-state index contributed by atoms with van der Waals surface area (Å²) in [5.41, 5.74) is -0.250. The molecular weight excluding hydrogens is 362 g/mol. The summed E-state index contributed by atoms with van der Waals surface area (Å²) in [7, 11) is -3.52. The van der Waals surface area contributed by atoms with Gasteiger partial charge in [0.2, 0.25) is 0 Å². The van der Waals surface area contributed by atoms with Gasteiger partial charge in [0.05, 0.1) is 18.2 Å². The first-order chi connectivity index (χ1) is 11.1. The van der Waals surface area contributed by atoms with Gasteiger partial charge in [-0.05, 0) is 25.1 Å². The Balaban J connectivity index is 1.86. The Kier molecular flexibility index (Phi) is 5.91. The summed E-state index contributed by atoms with van der Waals surface area (Å²) in [6, 6.07) is 3.51. The van der Waals surface area contributed by atoms with Crippen LogP contribution >= 0.6 is 19.2 Å². The van der Waals surface area contributed by atoms with Crippen LogP contribution < -0.4 is 4.74 Å². The van der Waals surface area contributed by atoms with Crippen molar-refractivity contribution < 1.29 is 32.3 Å².